The van der Waals surface area contributed by atoms with E-state index < -0.39 is 0 Å². The van der Waals surface area contributed by atoms with Gasteiger partial charge in [-0.1, -0.05) is 15.9 Å². The molecule has 1 aromatic rings. The number of ether oxygens (including phenoxy) is 1. The Hall–Kier alpha value is -0.0700. The topological polar surface area (TPSA) is 29.5 Å². The molecule has 1 unspecified atom stereocenters. The molecule has 18 heavy (non-hydrogen) atoms. The lowest BCUT2D eigenvalue weighted by molar-refractivity contribution is -0.117. The molecule has 1 aliphatic rings. The van der Waals surface area contributed by atoms with Crippen LogP contribution in [0, 0.1) is 5.92 Å². The average molecular weight is 442 g/mol. The van der Waals surface area contributed by atoms with E-state index in [0.29, 0.717) is 12.3 Å². The van der Waals surface area contributed by atoms with Crippen LogP contribution in [-0.2, 0) is 4.79 Å². The zero-order valence-electron chi connectivity index (χ0n) is 9.75. The smallest absolute Gasteiger partial charge is 0.227 e. The van der Waals surface area contributed by atoms with Crippen LogP contribution in [0.1, 0.15) is 6.42 Å². The molecule has 0 bridgehead atoms. The van der Waals surface area contributed by atoms with Gasteiger partial charge in [-0.25, -0.2) is 0 Å². The fraction of sp³-hybridized carbons (Fsp3) is 0.417. The summed E-state index contributed by atoms with van der Waals surface area (Å²) in [5, 5.41) is 0.848. The molecule has 1 aliphatic heterocycles. The van der Waals surface area contributed by atoms with E-state index in [1.165, 1.54) is 0 Å². The number of alkyl halides is 1. The molecule has 1 heterocycles. The standard InChI is InChI=1S/C12H12Br3NO2/c1-18-11-4-10(8(14)3-9(11)15)16-6-7(5-13)2-12(16)17/h3-4,7H,2,5-6H2,1H3. The number of carbonyl (C=O) groups is 1. The van der Waals surface area contributed by atoms with E-state index in [9.17, 15) is 4.79 Å². The lowest BCUT2D eigenvalue weighted by Gasteiger charge is -2.19. The lowest BCUT2D eigenvalue weighted by Crippen LogP contribution is -2.25. The van der Waals surface area contributed by atoms with Crippen LogP contribution in [0.15, 0.2) is 21.1 Å². The van der Waals surface area contributed by atoms with E-state index >= 15 is 0 Å². The van der Waals surface area contributed by atoms with Crippen LogP contribution in [0.25, 0.3) is 0 Å². The van der Waals surface area contributed by atoms with Crippen molar-refractivity contribution in [2.75, 3.05) is 23.9 Å². The van der Waals surface area contributed by atoms with Crippen LogP contribution < -0.4 is 9.64 Å². The van der Waals surface area contributed by atoms with Gasteiger partial charge in [-0.2, -0.15) is 0 Å². The molecule has 1 saturated heterocycles. The number of nitrogens with zero attached hydrogens (tertiary/aromatic N) is 1. The van der Waals surface area contributed by atoms with E-state index in [1.54, 1.807) is 7.11 Å². The molecular formula is C12H12Br3NO2. The van der Waals surface area contributed by atoms with Crippen molar-refractivity contribution in [3.05, 3.63) is 21.1 Å². The molecular weight excluding hydrogens is 430 g/mol. The van der Waals surface area contributed by atoms with Crippen LogP contribution in [0.5, 0.6) is 5.75 Å². The first-order valence-corrected chi connectivity index (χ1v) is 8.17. The second kappa shape index (κ2) is 5.92. The molecule has 0 N–H and O–H groups in total. The first kappa shape index (κ1) is 14.3. The van der Waals surface area contributed by atoms with Crippen molar-refractivity contribution in [3.63, 3.8) is 0 Å². The number of rotatable bonds is 3. The van der Waals surface area contributed by atoms with E-state index in [0.717, 1.165) is 32.3 Å². The number of amides is 1. The van der Waals surface area contributed by atoms with E-state index in [4.69, 9.17) is 4.74 Å². The maximum atomic E-state index is 12.0. The molecule has 1 fully saturated rings. The molecule has 3 nitrogen and oxygen atoms in total. The monoisotopic (exact) mass is 439 g/mol. The van der Waals surface area contributed by atoms with Gasteiger partial charge in [0.2, 0.25) is 5.91 Å². The largest absolute Gasteiger partial charge is 0.495 e. The first-order chi connectivity index (χ1) is 8.56. The third-order valence-corrected chi connectivity index (χ3v) is 5.11. The Labute approximate surface area is 131 Å². The predicted octanol–water partition coefficient (Wildman–Crippen LogP) is 3.97. The molecule has 0 saturated carbocycles. The first-order valence-electron chi connectivity index (χ1n) is 5.46. The fourth-order valence-corrected chi connectivity index (χ4v) is 3.80. The number of anilines is 1. The molecule has 1 amide bonds. The van der Waals surface area contributed by atoms with Crippen molar-refractivity contribution in [3.8, 4) is 5.75 Å². The highest BCUT2D eigenvalue weighted by Crippen LogP contribution is 2.38. The van der Waals surface area contributed by atoms with Crippen LogP contribution in [0.3, 0.4) is 0 Å². The molecule has 1 aromatic carbocycles. The van der Waals surface area contributed by atoms with Gasteiger partial charge in [0, 0.05) is 28.8 Å². The summed E-state index contributed by atoms with van der Waals surface area (Å²) in [5.41, 5.74) is 0.864. The van der Waals surface area contributed by atoms with Gasteiger partial charge in [-0.15, -0.1) is 0 Å². The Bertz CT molecular complexity index is 479. The van der Waals surface area contributed by atoms with Crippen molar-refractivity contribution in [1.29, 1.82) is 0 Å². The highest BCUT2D eigenvalue weighted by Gasteiger charge is 2.31. The van der Waals surface area contributed by atoms with Gasteiger partial charge in [0.05, 0.1) is 17.3 Å². The van der Waals surface area contributed by atoms with E-state index in [1.807, 2.05) is 17.0 Å². The average Bonchev–Trinajstić information content (AvgIpc) is 2.71. The van der Waals surface area contributed by atoms with Gasteiger partial charge in [0.25, 0.3) is 0 Å². The zero-order valence-corrected chi connectivity index (χ0v) is 14.5. The van der Waals surface area contributed by atoms with Gasteiger partial charge >= 0.3 is 0 Å². The zero-order chi connectivity index (χ0) is 13.3. The van der Waals surface area contributed by atoms with Crippen molar-refractivity contribution in [2.45, 2.75) is 6.42 Å². The maximum Gasteiger partial charge on any atom is 0.227 e. The molecule has 2 rings (SSSR count). The maximum absolute atomic E-state index is 12.0. The summed E-state index contributed by atoms with van der Waals surface area (Å²) in [4.78, 5) is 13.8. The Balaban J connectivity index is 2.36. The fourth-order valence-electron chi connectivity index (χ4n) is 2.00. The highest BCUT2D eigenvalue weighted by molar-refractivity contribution is 9.11. The third kappa shape index (κ3) is 2.75. The van der Waals surface area contributed by atoms with Crippen molar-refractivity contribution < 1.29 is 9.53 Å². The number of hydrogen-bond donors (Lipinski definition) is 0. The van der Waals surface area contributed by atoms with E-state index in [-0.39, 0.29) is 5.91 Å². The second-order valence-corrected chi connectivity index (χ2v) is 6.52. The Morgan fingerprint density at radius 3 is 2.67 bits per heavy atom. The van der Waals surface area contributed by atoms with Gasteiger partial charge < -0.3 is 9.64 Å². The van der Waals surface area contributed by atoms with Crippen LogP contribution in [0.2, 0.25) is 0 Å². The molecule has 0 aromatic heterocycles. The Morgan fingerprint density at radius 1 is 1.39 bits per heavy atom. The normalized spacial score (nSPS) is 19.4. The summed E-state index contributed by atoms with van der Waals surface area (Å²) >= 11 is 10.4. The molecule has 6 heteroatoms. The second-order valence-electron chi connectivity index (χ2n) is 4.17. The Morgan fingerprint density at radius 2 is 2.11 bits per heavy atom. The molecule has 0 aliphatic carbocycles. The minimum absolute atomic E-state index is 0.157. The van der Waals surface area contributed by atoms with Crippen LogP contribution in [0.4, 0.5) is 5.69 Å². The summed E-state index contributed by atoms with van der Waals surface area (Å²) < 4.78 is 7.03. The summed E-state index contributed by atoms with van der Waals surface area (Å²) in [6.07, 6.45) is 0.593. The number of benzene rings is 1. The van der Waals surface area contributed by atoms with Crippen LogP contribution in [-0.4, -0.2) is 24.9 Å². The number of carbonyl (C=O) groups excluding carboxylic acids is 1. The summed E-state index contributed by atoms with van der Waals surface area (Å²) in [5.74, 6) is 1.26. The minimum Gasteiger partial charge on any atom is -0.495 e. The van der Waals surface area contributed by atoms with Gasteiger partial charge in [-0.3, -0.25) is 4.79 Å². The van der Waals surface area contributed by atoms with Crippen molar-refractivity contribution >= 4 is 59.4 Å². The van der Waals surface area contributed by atoms with Crippen molar-refractivity contribution in [1.82, 2.24) is 0 Å². The summed E-state index contributed by atoms with van der Waals surface area (Å²) in [7, 11) is 1.62. The third-order valence-electron chi connectivity index (χ3n) is 2.94. The van der Waals surface area contributed by atoms with Crippen LogP contribution >= 0.6 is 47.8 Å². The summed E-state index contributed by atoms with van der Waals surface area (Å²) in [6.45, 7) is 0.744. The number of methoxy groups -OCH3 is 1. The van der Waals surface area contributed by atoms with Crippen molar-refractivity contribution in [2.24, 2.45) is 5.92 Å². The molecule has 98 valence electrons. The summed E-state index contributed by atoms with van der Waals surface area (Å²) in [6, 6.07) is 3.78. The minimum atomic E-state index is 0.157. The molecule has 0 spiro atoms. The Kier molecular flexibility index (Phi) is 4.72. The molecule has 0 radical (unpaired) electrons. The predicted molar refractivity (Wildman–Crippen MR) is 82.6 cm³/mol. The SMILES string of the molecule is COc1cc(N2CC(CBr)CC2=O)c(Br)cc1Br. The van der Waals surface area contributed by atoms with E-state index in [2.05, 4.69) is 47.8 Å². The van der Waals surface area contributed by atoms with Gasteiger partial charge in [0.1, 0.15) is 5.75 Å². The number of halogens is 3. The molecule has 1 atom stereocenters. The lowest BCUT2D eigenvalue weighted by atomic mass is 10.2. The van der Waals surface area contributed by atoms with Gasteiger partial charge in [0.15, 0.2) is 0 Å². The number of hydrogen-bond acceptors (Lipinski definition) is 2. The highest BCUT2D eigenvalue weighted by atomic mass is 79.9. The van der Waals surface area contributed by atoms with Gasteiger partial charge in [-0.05, 0) is 43.8 Å². The quantitative estimate of drug-likeness (QED) is 0.664.